The predicted octanol–water partition coefficient (Wildman–Crippen LogP) is 0.793. The lowest BCUT2D eigenvalue weighted by Gasteiger charge is -2.19. The maximum atomic E-state index is 12.1. The van der Waals surface area contributed by atoms with Crippen LogP contribution in [-0.2, 0) is 14.4 Å². The van der Waals surface area contributed by atoms with Crippen molar-refractivity contribution in [3.8, 4) is 0 Å². The zero-order valence-corrected chi connectivity index (χ0v) is 15.0. The summed E-state index contributed by atoms with van der Waals surface area (Å²) in [4.78, 5) is 34.7. The van der Waals surface area contributed by atoms with E-state index in [0.29, 0.717) is 5.02 Å². The first-order chi connectivity index (χ1) is 12.0. The van der Waals surface area contributed by atoms with Gasteiger partial charge in [0.25, 0.3) is 0 Å². The summed E-state index contributed by atoms with van der Waals surface area (Å²) in [5.41, 5.74) is 0.851. The van der Waals surface area contributed by atoms with Gasteiger partial charge in [-0.3, -0.25) is 19.7 Å². The highest BCUT2D eigenvalue weighted by Crippen LogP contribution is 2.21. The molecule has 1 aromatic carbocycles. The third kappa shape index (κ3) is 6.56. The molecule has 0 spiro atoms. The van der Waals surface area contributed by atoms with Crippen LogP contribution in [0.3, 0.4) is 0 Å². The summed E-state index contributed by atoms with van der Waals surface area (Å²) < 4.78 is 0. The van der Waals surface area contributed by atoms with Crippen molar-refractivity contribution >= 4 is 41.1 Å². The fourth-order valence-electron chi connectivity index (χ4n) is 2.42. The number of carboxylic acids is 1. The van der Waals surface area contributed by atoms with E-state index in [2.05, 4.69) is 16.0 Å². The van der Waals surface area contributed by atoms with Crippen LogP contribution in [0.25, 0.3) is 0 Å². The number of aliphatic carboxylic acids is 1. The molecule has 7 nitrogen and oxygen atoms in total. The molecule has 9 heteroatoms. The second-order valence-electron chi connectivity index (χ2n) is 5.64. The normalized spacial score (nSPS) is 17.7. The van der Waals surface area contributed by atoms with Crippen LogP contribution >= 0.6 is 23.4 Å². The van der Waals surface area contributed by atoms with E-state index in [1.54, 1.807) is 36.0 Å². The van der Waals surface area contributed by atoms with Gasteiger partial charge in [0.1, 0.15) is 6.54 Å². The summed E-state index contributed by atoms with van der Waals surface area (Å²) in [5.74, 6) is -0.396. The van der Waals surface area contributed by atoms with E-state index >= 15 is 0 Å². The summed E-state index contributed by atoms with van der Waals surface area (Å²) in [7, 11) is 0. The van der Waals surface area contributed by atoms with E-state index in [0.717, 1.165) is 17.2 Å². The molecule has 0 saturated carbocycles. The molecular weight excluding hydrogens is 366 g/mol. The number of carboxylic acid groups (broad SMARTS) is 1. The van der Waals surface area contributed by atoms with Crippen LogP contribution < -0.4 is 16.0 Å². The van der Waals surface area contributed by atoms with E-state index in [1.165, 1.54) is 0 Å². The van der Waals surface area contributed by atoms with Gasteiger partial charge in [0, 0.05) is 35.5 Å². The van der Waals surface area contributed by atoms with Gasteiger partial charge in [-0.05, 0) is 17.7 Å². The summed E-state index contributed by atoms with van der Waals surface area (Å²) in [6, 6.07) is 6.81. The molecule has 0 radical (unpaired) electrons. The minimum Gasteiger partial charge on any atom is -0.480 e. The first kappa shape index (κ1) is 19.6. The van der Waals surface area contributed by atoms with Crippen molar-refractivity contribution in [2.75, 3.05) is 24.7 Å². The van der Waals surface area contributed by atoms with Crippen molar-refractivity contribution in [3.63, 3.8) is 0 Å². The average molecular weight is 386 g/mol. The van der Waals surface area contributed by atoms with Crippen LogP contribution in [0.15, 0.2) is 24.3 Å². The number of carbonyl (C=O) groups excluding carboxylic acids is 2. The van der Waals surface area contributed by atoms with Crippen LogP contribution in [0.2, 0.25) is 5.02 Å². The monoisotopic (exact) mass is 385 g/mol. The minimum atomic E-state index is -1.10. The van der Waals surface area contributed by atoms with Gasteiger partial charge in [-0.25, -0.2) is 0 Å². The van der Waals surface area contributed by atoms with Crippen LogP contribution in [0, 0.1) is 0 Å². The molecule has 1 aromatic rings. The Labute approximate surface area is 154 Å². The van der Waals surface area contributed by atoms with E-state index in [1.807, 2.05) is 0 Å². The number of amides is 2. The fourth-order valence-corrected chi connectivity index (χ4v) is 3.49. The molecule has 0 bridgehead atoms. The summed E-state index contributed by atoms with van der Waals surface area (Å²) in [6.45, 7) is -0.147. The molecular formula is C16H20ClN3O4S. The predicted molar refractivity (Wildman–Crippen MR) is 96.7 cm³/mol. The molecule has 1 heterocycles. The van der Waals surface area contributed by atoms with Gasteiger partial charge in [0.05, 0.1) is 6.04 Å². The molecule has 0 aromatic heterocycles. The molecule has 1 aliphatic rings. The highest BCUT2D eigenvalue weighted by Gasteiger charge is 2.24. The van der Waals surface area contributed by atoms with Crippen molar-refractivity contribution in [1.29, 1.82) is 0 Å². The fraction of sp³-hybridized carbons (Fsp3) is 0.438. The van der Waals surface area contributed by atoms with Crippen LogP contribution in [0.1, 0.15) is 17.9 Å². The second-order valence-corrected chi connectivity index (χ2v) is 7.11. The topological polar surface area (TPSA) is 108 Å². The third-order valence-electron chi connectivity index (χ3n) is 3.77. The molecule has 136 valence electrons. The number of hydrogen-bond acceptors (Lipinski definition) is 5. The average Bonchev–Trinajstić information content (AvgIpc) is 3.12. The number of rotatable bonds is 8. The Morgan fingerprint density at radius 1 is 1.28 bits per heavy atom. The number of hydrogen-bond donors (Lipinski definition) is 4. The molecule has 2 amide bonds. The van der Waals surface area contributed by atoms with Crippen molar-refractivity contribution in [2.24, 2.45) is 0 Å². The highest BCUT2D eigenvalue weighted by molar-refractivity contribution is 7.99. The molecule has 1 saturated heterocycles. The Morgan fingerprint density at radius 3 is 2.60 bits per heavy atom. The first-order valence-electron chi connectivity index (χ1n) is 7.78. The molecule has 2 rings (SSSR count). The Kier molecular flexibility index (Phi) is 7.54. The molecule has 1 fully saturated rings. The molecule has 1 aliphatic heterocycles. The minimum absolute atomic E-state index is 0.0715. The quantitative estimate of drug-likeness (QED) is 0.527. The zero-order chi connectivity index (χ0) is 18.2. The zero-order valence-electron chi connectivity index (χ0n) is 13.5. The molecule has 2 atom stereocenters. The SMILES string of the molecule is O=C(O)CNC(=O)C[C@@H](CNC(=O)[C@@H]1CSCN1)c1ccc(Cl)cc1. The van der Waals surface area contributed by atoms with Crippen molar-refractivity contribution in [3.05, 3.63) is 34.9 Å². The third-order valence-corrected chi connectivity index (χ3v) is 4.96. The Hall–Kier alpha value is -1.77. The van der Waals surface area contributed by atoms with Crippen LogP contribution in [-0.4, -0.2) is 53.7 Å². The van der Waals surface area contributed by atoms with E-state index < -0.39 is 12.5 Å². The molecule has 25 heavy (non-hydrogen) atoms. The number of nitrogens with one attached hydrogen (secondary N) is 3. The van der Waals surface area contributed by atoms with Gasteiger partial charge in [0.15, 0.2) is 0 Å². The lowest BCUT2D eigenvalue weighted by molar-refractivity contribution is -0.138. The van der Waals surface area contributed by atoms with Gasteiger partial charge < -0.3 is 15.7 Å². The van der Waals surface area contributed by atoms with Gasteiger partial charge in [0.2, 0.25) is 11.8 Å². The number of carbonyl (C=O) groups is 3. The standard InChI is InChI=1S/C16H20ClN3O4S/c17-12-3-1-10(2-4-12)11(5-14(21)18-7-15(22)23)6-19-16(24)13-8-25-9-20-13/h1-4,11,13,20H,5-9H2,(H,18,21)(H,19,24)(H,22,23)/t11-,13-/m0/s1. The first-order valence-corrected chi connectivity index (χ1v) is 9.31. The van der Waals surface area contributed by atoms with Gasteiger partial charge in [-0.15, -0.1) is 11.8 Å². The maximum absolute atomic E-state index is 12.1. The lowest BCUT2D eigenvalue weighted by atomic mass is 9.95. The van der Waals surface area contributed by atoms with Crippen molar-refractivity contribution in [1.82, 2.24) is 16.0 Å². The summed E-state index contributed by atoms with van der Waals surface area (Å²) in [6.07, 6.45) is 0.0715. The lowest BCUT2D eigenvalue weighted by Crippen LogP contribution is -2.43. The van der Waals surface area contributed by atoms with Crippen molar-refractivity contribution < 1.29 is 19.5 Å². The molecule has 4 N–H and O–H groups in total. The van der Waals surface area contributed by atoms with Gasteiger partial charge >= 0.3 is 5.97 Å². The number of halogens is 1. The summed E-state index contributed by atoms with van der Waals surface area (Å²) in [5, 5.41) is 17.5. The van der Waals surface area contributed by atoms with Crippen LogP contribution in [0.5, 0.6) is 0 Å². The number of thioether (sulfide) groups is 1. The Morgan fingerprint density at radius 2 is 2.00 bits per heavy atom. The van der Waals surface area contributed by atoms with Gasteiger partial charge in [-0.2, -0.15) is 0 Å². The van der Waals surface area contributed by atoms with Crippen molar-refractivity contribution in [2.45, 2.75) is 18.4 Å². The maximum Gasteiger partial charge on any atom is 0.322 e. The van der Waals surface area contributed by atoms with E-state index in [-0.39, 0.29) is 36.7 Å². The summed E-state index contributed by atoms with van der Waals surface area (Å²) >= 11 is 7.55. The van der Waals surface area contributed by atoms with Crippen LogP contribution in [0.4, 0.5) is 0 Å². The molecule has 0 unspecified atom stereocenters. The smallest absolute Gasteiger partial charge is 0.322 e. The number of benzene rings is 1. The Balaban J connectivity index is 1.98. The van der Waals surface area contributed by atoms with E-state index in [4.69, 9.17) is 16.7 Å². The van der Waals surface area contributed by atoms with E-state index in [9.17, 15) is 14.4 Å². The molecule has 0 aliphatic carbocycles. The van der Waals surface area contributed by atoms with Gasteiger partial charge in [-0.1, -0.05) is 23.7 Å². The Bertz CT molecular complexity index is 620. The highest BCUT2D eigenvalue weighted by atomic mass is 35.5. The second kappa shape index (κ2) is 9.65. The largest absolute Gasteiger partial charge is 0.480 e.